The van der Waals surface area contributed by atoms with Crippen molar-refractivity contribution < 1.29 is 5.11 Å². The van der Waals surface area contributed by atoms with E-state index in [-0.39, 0.29) is 0 Å². The fraction of sp³-hybridized carbons (Fsp3) is 0.538. The molecule has 0 heterocycles. The van der Waals surface area contributed by atoms with Crippen LogP contribution in [-0.2, 0) is 0 Å². The zero-order chi connectivity index (χ0) is 12.1. The number of aliphatic hydroxyl groups excluding tert-OH is 1. The summed E-state index contributed by atoms with van der Waals surface area (Å²) < 4.78 is 0.842. The maximum absolute atomic E-state index is 10.1. The molecule has 3 heteroatoms. The van der Waals surface area contributed by atoms with Gasteiger partial charge in [0.05, 0.1) is 11.1 Å². The Bertz CT molecular complexity index is 341. The van der Waals surface area contributed by atoms with Gasteiger partial charge in [-0.25, -0.2) is 0 Å². The van der Waals surface area contributed by atoms with Crippen molar-refractivity contribution in [1.29, 1.82) is 0 Å². The molecule has 0 aromatic heterocycles. The van der Waals surface area contributed by atoms with E-state index < -0.39 is 6.10 Å². The summed E-state index contributed by atoms with van der Waals surface area (Å²) in [5, 5.41) is 10.7. The smallest absolute Gasteiger partial charge is 0.0807 e. The molecule has 1 aromatic rings. The summed E-state index contributed by atoms with van der Waals surface area (Å²) in [6, 6.07) is 5.67. The number of aliphatic hydroxyl groups is 1. The summed E-state index contributed by atoms with van der Waals surface area (Å²) in [4.78, 5) is 0. The Labute approximate surface area is 111 Å². The summed E-state index contributed by atoms with van der Waals surface area (Å²) in [6.45, 7) is 4.33. The molecule has 0 bridgehead atoms. The molecule has 0 spiro atoms. The summed E-state index contributed by atoms with van der Waals surface area (Å²) >= 11 is 9.51. The Morgan fingerprint density at radius 1 is 1.44 bits per heavy atom. The molecule has 1 N–H and O–H groups in total. The third kappa shape index (κ3) is 3.76. The number of benzene rings is 1. The second-order valence-corrected chi connectivity index (χ2v) is 5.52. The lowest BCUT2D eigenvalue weighted by atomic mass is 9.95. The molecule has 0 radical (unpaired) electrons. The van der Waals surface area contributed by atoms with Crippen LogP contribution in [0.15, 0.2) is 22.7 Å². The summed E-state index contributed by atoms with van der Waals surface area (Å²) in [6.07, 6.45) is 2.60. The zero-order valence-corrected chi connectivity index (χ0v) is 12.1. The average molecular weight is 306 g/mol. The maximum atomic E-state index is 10.1. The fourth-order valence-electron chi connectivity index (χ4n) is 1.90. The predicted molar refractivity (Wildman–Crippen MR) is 72.8 cm³/mol. The fourth-order valence-corrected chi connectivity index (χ4v) is 2.53. The van der Waals surface area contributed by atoms with E-state index >= 15 is 0 Å². The summed E-state index contributed by atoms with van der Waals surface area (Å²) in [5.41, 5.74) is 0.819. The second-order valence-electron chi connectivity index (χ2n) is 4.29. The standard InChI is InChI=1S/C13H18BrClO/c1-3-5-9(2)8-12(16)10-6-4-7-11(14)13(10)15/h4,6-7,9,12,16H,3,5,8H2,1-2H3. The molecule has 0 aliphatic rings. The molecular weight excluding hydrogens is 287 g/mol. The maximum Gasteiger partial charge on any atom is 0.0807 e. The quantitative estimate of drug-likeness (QED) is 0.815. The number of hydrogen-bond acceptors (Lipinski definition) is 1. The van der Waals surface area contributed by atoms with Crippen LogP contribution >= 0.6 is 27.5 Å². The SMILES string of the molecule is CCCC(C)CC(O)c1cccc(Br)c1Cl. The Balaban J connectivity index is 2.72. The number of rotatable bonds is 5. The van der Waals surface area contributed by atoms with Crippen LogP contribution in [0.3, 0.4) is 0 Å². The van der Waals surface area contributed by atoms with Gasteiger partial charge in [0.2, 0.25) is 0 Å². The van der Waals surface area contributed by atoms with Crippen molar-refractivity contribution in [2.75, 3.05) is 0 Å². The van der Waals surface area contributed by atoms with E-state index in [2.05, 4.69) is 29.8 Å². The van der Waals surface area contributed by atoms with Crippen molar-refractivity contribution >= 4 is 27.5 Å². The van der Waals surface area contributed by atoms with Gasteiger partial charge in [-0.15, -0.1) is 0 Å². The van der Waals surface area contributed by atoms with E-state index in [0.717, 1.165) is 29.3 Å². The molecule has 0 aliphatic heterocycles. The monoisotopic (exact) mass is 304 g/mol. The minimum atomic E-state index is -0.466. The molecule has 0 fully saturated rings. The highest BCUT2D eigenvalue weighted by Crippen LogP contribution is 2.33. The number of hydrogen-bond donors (Lipinski definition) is 1. The van der Waals surface area contributed by atoms with E-state index in [4.69, 9.17) is 11.6 Å². The number of halogens is 2. The van der Waals surface area contributed by atoms with Crippen LogP contribution in [0.2, 0.25) is 5.02 Å². The zero-order valence-electron chi connectivity index (χ0n) is 9.71. The van der Waals surface area contributed by atoms with E-state index in [1.165, 1.54) is 0 Å². The van der Waals surface area contributed by atoms with Gasteiger partial charge in [0, 0.05) is 10.0 Å². The van der Waals surface area contributed by atoms with Crippen LogP contribution in [0.1, 0.15) is 44.8 Å². The molecule has 1 rings (SSSR count). The highest BCUT2D eigenvalue weighted by atomic mass is 79.9. The molecule has 1 aromatic carbocycles. The summed E-state index contributed by atoms with van der Waals surface area (Å²) in [7, 11) is 0. The normalized spacial score (nSPS) is 14.8. The third-order valence-corrected chi connectivity index (χ3v) is 4.06. The first-order valence-corrected chi connectivity index (χ1v) is 6.85. The first kappa shape index (κ1) is 14.0. The van der Waals surface area contributed by atoms with Crippen LogP contribution in [0.25, 0.3) is 0 Å². The predicted octanol–water partition coefficient (Wildman–Crippen LogP) is 4.96. The van der Waals surface area contributed by atoms with Gasteiger partial charge < -0.3 is 5.11 Å². The van der Waals surface area contributed by atoms with Crippen molar-refractivity contribution in [2.45, 2.75) is 39.2 Å². The van der Waals surface area contributed by atoms with Crippen LogP contribution in [0.4, 0.5) is 0 Å². The van der Waals surface area contributed by atoms with E-state index in [0.29, 0.717) is 10.9 Å². The van der Waals surface area contributed by atoms with E-state index in [1.54, 1.807) is 0 Å². The lowest BCUT2D eigenvalue weighted by Crippen LogP contribution is -2.05. The highest BCUT2D eigenvalue weighted by Gasteiger charge is 2.15. The Kier molecular flexibility index (Phi) is 5.81. The Morgan fingerprint density at radius 3 is 2.75 bits per heavy atom. The van der Waals surface area contributed by atoms with Gasteiger partial charge in [0.15, 0.2) is 0 Å². The molecular formula is C13H18BrClO. The molecule has 0 aliphatic carbocycles. The molecule has 0 saturated heterocycles. The van der Waals surface area contributed by atoms with E-state index in [9.17, 15) is 5.11 Å². The first-order chi connectivity index (χ1) is 7.56. The van der Waals surface area contributed by atoms with Crippen molar-refractivity contribution in [1.82, 2.24) is 0 Å². The Morgan fingerprint density at radius 2 is 2.12 bits per heavy atom. The molecule has 1 nitrogen and oxygen atoms in total. The van der Waals surface area contributed by atoms with Crippen molar-refractivity contribution in [2.24, 2.45) is 5.92 Å². The van der Waals surface area contributed by atoms with E-state index in [1.807, 2.05) is 18.2 Å². The van der Waals surface area contributed by atoms with Crippen LogP contribution in [-0.4, -0.2) is 5.11 Å². The molecule has 2 unspecified atom stereocenters. The lowest BCUT2D eigenvalue weighted by Gasteiger charge is -2.17. The molecule has 90 valence electrons. The highest BCUT2D eigenvalue weighted by molar-refractivity contribution is 9.10. The minimum Gasteiger partial charge on any atom is -0.388 e. The molecule has 0 saturated carbocycles. The largest absolute Gasteiger partial charge is 0.388 e. The van der Waals surface area contributed by atoms with Gasteiger partial charge in [0.1, 0.15) is 0 Å². The molecule has 2 atom stereocenters. The molecule has 16 heavy (non-hydrogen) atoms. The van der Waals surface area contributed by atoms with Crippen LogP contribution in [0.5, 0.6) is 0 Å². The summed E-state index contributed by atoms with van der Waals surface area (Å²) in [5.74, 6) is 0.523. The minimum absolute atomic E-state index is 0.466. The lowest BCUT2D eigenvalue weighted by molar-refractivity contribution is 0.145. The van der Waals surface area contributed by atoms with Crippen LogP contribution in [0, 0.1) is 5.92 Å². The van der Waals surface area contributed by atoms with Gasteiger partial charge in [0.25, 0.3) is 0 Å². The van der Waals surface area contributed by atoms with Gasteiger partial charge >= 0.3 is 0 Å². The van der Waals surface area contributed by atoms with Crippen molar-refractivity contribution in [3.05, 3.63) is 33.3 Å². The average Bonchev–Trinajstić information content (AvgIpc) is 2.22. The van der Waals surface area contributed by atoms with Gasteiger partial charge in [-0.2, -0.15) is 0 Å². The molecule has 0 amide bonds. The third-order valence-electron chi connectivity index (χ3n) is 2.75. The Hall–Kier alpha value is -0.0500. The van der Waals surface area contributed by atoms with Crippen LogP contribution < -0.4 is 0 Å². The van der Waals surface area contributed by atoms with Crippen molar-refractivity contribution in [3.63, 3.8) is 0 Å². The first-order valence-electron chi connectivity index (χ1n) is 5.68. The van der Waals surface area contributed by atoms with Gasteiger partial charge in [-0.3, -0.25) is 0 Å². The van der Waals surface area contributed by atoms with Crippen molar-refractivity contribution in [3.8, 4) is 0 Å². The van der Waals surface area contributed by atoms with Gasteiger partial charge in [-0.1, -0.05) is 50.4 Å². The van der Waals surface area contributed by atoms with Gasteiger partial charge in [-0.05, 0) is 34.3 Å². The second kappa shape index (κ2) is 6.63. The topological polar surface area (TPSA) is 20.2 Å².